The number of aryl methyl sites for hydroxylation is 1. The van der Waals surface area contributed by atoms with Crippen LogP contribution >= 0.6 is 12.4 Å². The maximum Gasteiger partial charge on any atom is 0.223 e. The minimum absolute atomic E-state index is 0. The molecule has 8 heteroatoms. The molecule has 7 nitrogen and oxygen atoms in total. The third-order valence-corrected chi connectivity index (χ3v) is 6.15. The highest BCUT2D eigenvalue weighted by Gasteiger charge is 2.12. The van der Waals surface area contributed by atoms with Gasteiger partial charge in [-0.2, -0.15) is 0 Å². The van der Waals surface area contributed by atoms with Crippen molar-refractivity contribution in [3.05, 3.63) is 64.2 Å². The van der Waals surface area contributed by atoms with E-state index < -0.39 is 0 Å². The predicted molar refractivity (Wildman–Crippen MR) is 146 cm³/mol. The lowest BCUT2D eigenvalue weighted by molar-refractivity contribution is 0.185. The van der Waals surface area contributed by atoms with E-state index in [2.05, 4.69) is 21.7 Å². The summed E-state index contributed by atoms with van der Waals surface area (Å²) >= 11 is 0. The Bertz CT molecular complexity index is 1100. The number of methoxy groups -OCH3 is 1. The second-order valence-corrected chi connectivity index (χ2v) is 8.69. The van der Waals surface area contributed by atoms with Gasteiger partial charge in [0, 0.05) is 55.8 Å². The van der Waals surface area contributed by atoms with Gasteiger partial charge in [-0.1, -0.05) is 43.9 Å². The number of anilines is 1. The van der Waals surface area contributed by atoms with Gasteiger partial charge in [0.1, 0.15) is 0 Å². The summed E-state index contributed by atoms with van der Waals surface area (Å²) in [5.74, 6) is -0.164. The van der Waals surface area contributed by atoms with Crippen LogP contribution < -0.4 is 16.1 Å². The first-order valence-electron chi connectivity index (χ1n) is 12.3. The molecule has 0 unspecified atom stereocenters. The highest BCUT2D eigenvalue weighted by Crippen LogP contribution is 2.21. The van der Waals surface area contributed by atoms with Crippen LogP contribution in [0.5, 0.6) is 5.75 Å². The van der Waals surface area contributed by atoms with Crippen LogP contribution in [0.4, 0.5) is 5.69 Å². The molecule has 0 saturated heterocycles. The van der Waals surface area contributed by atoms with Gasteiger partial charge in [-0.3, -0.25) is 9.78 Å². The van der Waals surface area contributed by atoms with Crippen LogP contribution in [0.2, 0.25) is 0 Å². The predicted octanol–water partition coefficient (Wildman–Crippen LogP) is 5.02. The molecule has 0 bridgehead atoms. The summed E-state index contributed by atoms with van der Waals surface area (Å²) in [6, 6.07) is 11.7. The first-order chi connectivity index (χ1) is 16.6. The number of halogens is 1. The Kier molecular flexibility index (Phi) is 12.6. The molecule has 3 aromatic rings. The zero-order valence-corrected chi connectivity index (χ0v) is 21.7. The van der Waals surface area contributed by atoms with Crippen molar-refractivity contribution in [1.82, 2.24) is 14.9 Å². The second kappa shape index (κ2) is 15.4. The average molecular weight is 503 g/mol. The Morgan fingerprint density at radius 3 is 2.51 bits per heavy atom. The van der Waals surface area contributed by atoms with Crippen molar-refractivity contribution in [3.8, 4) is 5.75 Å². The summed E-state index contributed by atoms with van der Waals surface area (Å²) < 4.78 is 7.12. The highest BCUT2D eigenvalue weighted by atomic mass is 35.5. The Hall–Kier alpha value is -2.61. The summed E-state index contributed by atoms with van der Waals surface area (Å²) in [4.78, 5) is 16.4. The smallest absolute Gasteiger partial charge is 0.223 e. The molecule has 0 radical (unpaired) electrons. The molecule has 0 aliphatic carbocycles. The van der Waals surface area contributed by atoms with Crippen molar-refractivity contribution in [2.45, 2.75) is 58.5 Å². The number of benzene rings is 1. The minimum Gasteiger partial charge on any atom is -0.503 e. The number of nitrogens with zero attached hydrogens (tertiary/aromatic N) is 2. The molecule has 192 valence electrons. The molecule has 2 aromatic heterocycles. The fourth-order valence-electron chi connectivity index (χ4n) is 4.25. The molecule has 1 aromatic carbocycles. The number of para-hydroxylation sites is 1. The van der Waals surface area contributed by atoms with Gasteiger partial charge in [0.2, 0.25) is 5.43 Å². The van der Waals surface area contributed by atoms with E-state index in [0.717, 1.165) is 42.8 Å². The van der Waals surface area contributed by atoms with Crippen LogP contribution in [0, 0.1) is 6.92 Å². The number of hydrogen-bond donors (Lipinski definition) is 3. The zero-order chi connectivity index (χ0) is 24.2. The lowest BCUT2D eigenvalue weighted by atomic mass is 10.1. The SMILES string of the molecule is COCCn1c(C)cc(=O)c(O)c1CNCCCCCCCCNc1ccnc2ccccc12.Cl. The summed E-state index contributed by atoms with van der Waals surface area (Å²) in [7, 11) is 1.65. The van der Waals surface area contributed by atoms with Crippen LogP contribution in [0.25, 0.3) is 10.9 Å². The number of aromatic hydroxyl groups is 1. The van der Waals surface area contributed by atoms with Gasteiger partial charge < -0.3 is 25.0 Å². The van der Waals surface area contributed by atoms with Gasteiger partial charge in [-0.25, -0.2) is 0 Å². The topological polar surface area (TPSA) is 88.4 Å². The van der Waals surface area contributed by atoms with Crippen molar-refractivity contribution in [3.63, 3.8) is 0 Å². The summed E-state index contributed by atoms with van der Waals surface area (Å²) in [6.45, 7) is 5.34. The molecule has 3 N–H and O–H groups in total. The molecule has 3 rings (SSSR count). The van der Waals surface area contributed by atoms with E-state index in [-0.39, 0.29) is 23.6 Å². The number of pyridine rings is 2. The number of hydrogen-bond acceptors (Lipinski definition) is 6. The largest absolute Gasteiger partial charge is 0.503 e. The number of unbranched alkanes of at least 4 members (excludes halogenated alkanes) is 5. The Labute approximate surface area is 214 Å². The van der Waals surface area contributed by atoms with Gasteiger partial charge >= 0.3 is 0 Å². The van der Waals surface area contributed by atoms with Crippen LogP contribution in [0.3, 0.4) is 0 Å². The number of fused-ring (bicyclic) bond motifs is 1. The standard InChI is InChI=1S/C27H38N4O3.ClH/c1-21-19-26(32)27(33)25(31(21)17-18-34-2)20-28-14-9-5-3-4-6-10-15-29-24-13-16-30-23-12-8-7-11-22(23)24;/h7-8,11-13,16,19,28,33H,3-6,9-10,14-15,17-18,20H2,1-2H3,(H,29,30);1H. The summed E-state index contributed by atoms with van der Waals surface area (Å²) in [5.41, 5.74) is 3.33. The molecule has 35 heavy (non-hydrogen) atoms. The first-order valence-corrected chi connectivity index (χ1v) is 12.3. The maximum absolute atomic E-state index is 12.0. The van der Waals surface area contributed by atoms with Gasteiger partial charge in [0.15, 0.2) is 5.75 Å². The molecule has 0 amide bonds. The number of nitrogens with one attached hydrogen (secondary N) is 2. The second-order valence-electron chi connectivity index (χ2n) is 8.69. The molecular formula is C27H39ClN4O3. The molecule has 0 saturated carbocycles. The van der Waals surface area contributed by atoms with Crippen molar-refractivity contribution in [2.75, 3.05) is 32.1 Å². The molecule has 2 heterocycles. The Balaban J connectivity index is 0.00000432. The van der Waals surface area contributed by atoms with Crippen molar-refractivity contribution in [2.24, 2.45) is 0 Å². The van der Waals surface area contributed by atoms with E-state index in [0.29, 0.717) is 25.4 Å². The van der Waals surface area contributed by atoms with Crippen molar-refractivity contribution >= 4 is 29.0 Å². The zero-order valence-electron chi connectivity index (χ0n) is 20.9. The van der Waals surface area contributed by atoms with Gasteiger partial charge in [-0.05, 0) is 38.4 Å². The molecule has 0 atom stereocenters. The van der Waals surface area contributed by atoms with Crippen LogP contribution in [-0.4, -0.2) is 41.5 Å². The van der Waals surface area contributed by atoms with E-state index in [9.17, 15) is 9.90 Å². The van der Waals surface area contributed by atoms with Gasteiger partial charge in [0.05, 0.1) is 17.8 Å². The van der Waals surface area contributed by atoms with E-state index in [1.165, 1.54) is 37.1 Å². The first kappa shape index (κ1) is 28.6. The Morgan fingerprint density at radius 2 is 1.74 bits per heavy atom. The lowest BCUT2D eigenvalue weighted by Gasteiger charge is -2.18. The number of rotatable bonds is 15. The molecule has 0 aliphatic heterocycles. The van der Waals surface area contributed by atoms with E-state index >= 15 is 0 Å². The quantitative estimate of drug-likeness (QED) is 0.253. The summed E-state index contributed by atoms with van der Waals surface area (Å²) in [5, 5.41) is 18.4. The summed E-state index contributed by atoms with van der Waals surface area (Å²) in [6.07, 6.45) is 8.93. The molecule has 0 spiro atoms. The monoisotopic (exact) mass is 502 g/mol. The van der Waals surface area contributed by atoms with E-state index in [1.54, 1.807) is 7.11 Å². The van der Waals surface area contributed by atoms with Gasteiger partial charge in [-0.15, -0.1) is 12.4 Å². The number of aromatic nitrogens is 2. The fourth-order valence-corrected chi connectivity index (χ4v) is 4.25. The van der Waals surface area contributed by atoms with Crippen molar-refractivity contribution in [1.29, 1.82) is 0 Å². The van der Waals surface area contributed by atoms with Gasteiger partial charge in [0.25, 0.3) is 0 Å². The van der Waals surface area contributed by atoms with Crippen LogP contribution in [-0.2, 0) is 17.8 Å². The Morgan fingerprint density at radius 1 is 1.03 bits per heavy atom. The maximum atomic E-state index is 12.0. The molecule has 0 fully saturated rings. The molecule has 0 aliphatic rings. The average Bonchev–Trinajstić information content (AvgIpc) is 2.85. The molecular weight excluding hydrogens is 464 g/mol. The fraction of sp³-hybridized carbons (Fsp3) is 0.481. The van der Waals surface area contributed by atoms with E-state index in [4.69, 9.17) is 4.74 Å². The normalized spacial score (nSPS) is 10.9. The lowest BCUT2D eigenvalue weighted by Crippen LogP contribution is -2.24. The van der Waals surface area contributed by atoms with E-state index in [1.807, 2.05) is 42.0 Å². The highest BCUT2D eigenvalue weighted by molar-refractivity contribution is 5.90. The van der Waals surface area contributed by atoms with Crippen LogP contribution in [0.15, 0.2) is 47.4 Å². The minimum atomic E-state index is -0.324. The number of ether oxygens (including phenoxy) is 1. The third-order valence-electron chi connectivity index (χ3n) is 6.15. The van der Waals surface area contributed by atoms with Crippen LogP contribution in [0.1, 0.15) is 49.9 Å². The van der Waals surface area contributed by atoms with Crippen molar-refractivity contribution < 1.29 is 9.84 Å². The third kappa shape index (κ3) is 8.53.